The number of hydrogen-bond acceptors (Lipinski definition) is 6. The van der Waals surface area contributed by atoms with Crippen LogP contribution >= 0.6 is 11.3 Å². The number of benzene rings is 2. The minimum atomic E-state index is 0.176. The summed E-state index contributed by atoms with van der Waals surface area (Å²) in [4.78, 5) is 22.2. The number of rotatable bonds is 4. The average Bonchev–Trinajstić information content (AvgIpc) is 3.58. The van der Waals surface area contributed by atoms with Gasteiger partial charge in [-0.3, -0.25) is 9.69 Å². The van der Waals surface area contributed by atoms with E-state index < -0.39 is 0 Å². The highest BCUT2D eigenvalue weighted by Gasteiger charge is 2.32. The Morgan fingerprint density at radius 2 is 2.00 bits per heavy atom. The Morgan fingerprint density at radius 1 is 1.12 bits per heavy atom. The minimum absolute atomic E-state index is 0.176. The molecule has 3 aliphatic heterocycles. The number of hydrogen-bond donors (Lipinski definition) is 0. The van der Waals surface area contributed by atoms with E-state index in [0.29, 0.717) is 19.8 Å². The van der Waals surface area contributed by atoms with Crippen LogP contribution in [0.1, 0.15) is 35.0 Å². The van der Waals surface area contributed by atoms with Crippen molar-refractivity contribution in [3.63, 3.8) is 0 Å². The Bertz CT molecular complexity index is 1210. The van der Waals surface area contributed by atoms with Gasteiger partial charge < -0.3 is 14.4 Å². The average molecular weight is 462 g/mol. The Kier molecular flexibility index (Phi) is 5.31. The highest BCUT2D eigenvalue weighted by molar-refractivity contribution is 7.09. The number of thiazole rings is 1. The Balaban J connectivity index is 1.18. The first-order valence-corrected chi connectivity index (χ1v) is 12.5. The van der Waals surface area contributed by atoms with Crippen LogP contribution in [0.2, 0.25) is 0 Å². The second kappa shape index (κ2) is 8.47. The predicted octanol–water partition coefficient (Wildman–Crippen LogP) is 4.62. The fourth-order valence-electron chi connectivity index (χ4n) is 5.24. The first kappa shape index (κ1) is 20.7. The molecule has 1 saturated heterocycles. The van der Waals surface area contributed by atoms with Crippen LogP contribution in [0.5, 0.6) is 11.5 Å². The van der Waals surface area contributed by atoms with Crippen LogP contribution in [0.3, 0.4) is 0 Å². The monoisotopic (exact) mass is 461 g/mol. The zero-order chi connectivity index (χ0) is 22.4. The van der Waals surface area contributed by atoms with Crippen molar-refractivity contribution in [1.29, 1.82) is 0 Å². The van der Waals surface area contributed by atoms with Gasteiger partial charge in [-0.05, 0) is 68.1 Å². The van der Waals surface area contributed by atoms with E-state index >= 15 is 0 Å². The molecule has 0 aliphatic carbocycles. The van der Waals surface area contributed by atoms with E-state index in [2.05, 4.69) is 45.6 Å². The summed E-state index contributed by atoms with van der Waals surface area (Å²) in [7, 11) is 0. The Morgan fingerprint density at radius 3 is 2.85 bits per heavy atom. The topological polar surface area (TPSA) is 54.9 Å². The highest BCUT2D eigenvalue weighted by atomic mass is 32.1. The van der Waals surface area contributed by atoms with Crippen LogP contribution in [0.25, 0.3) is 11.3 Å². The lowest BCUT2D eigenvalue weighted by Crippen LogP contribution is -2.39. The summed E-state index contributed by atoms with van der Waals surface area (Å²) in [6.45, 7) is 5.33. The van der Waals surface area contributed by atoms with E-state index in [-0.39, 0.29) is 11.9 Å². The molecule has 3 aliphatic rings. The van der Waals surface area contributed by atoms with Crippen molar-refractivity contribution >= 4 is 22.9 Å². The lowest BCUT2D eigenvalue weighted by Gasteiger charge is -2.28. The summed E-state index contributed by atoms with van der Waals surface area (Å²) in [6.07, 6.45) is 3.04. The van der Waals surface area contributed by atoms with E-state index in [4.69, 9.17) is 9.47 Å². The van der Waals surface area contributed by atoms with Gasteiger partial charge in [-0.1, -0.05) is 12.1 Å². The van der Waals surface area contributed by atoms with Crippen molar-refractivity contribution in [2.45, 2.75) is 32.2 Å². The fraction of sp³-hybridized carbons (Fsp3) is 0.385. The van der Waals surface area contributed by atoms with Gasteiger partial charge in [0.25, 0.3) is 0 Å². The van der Waals surface area contributed by atoms with Gasteiger partial charge in [0, 0.05) is 29.2 Å². The molecule has 1 atom stereocenters. The molecule has 1 fully saturated rings. The van der Waals surface area contributed by atoms with Crippen LogP contribution < -0.4 is 14.4 Å². The number of nitrogens with zero attached hydrogens (tertiary/aromatic N) is 3. The molecule has 7 heteroatoms. The third-order valence-corrected chi connectivity index (χ3v) is 7.62. The molecule has 33 heavy (non-hydrogen) atoms. The third-order valence-electron chi connectivity index (χ3n) is 6.84. The minimum Gasteiger partial charge on any atom is -0.486 e. The molecule has 1 aromatic heterocycles. The van der Waals surface area contributed by atoms with Gasteiger partial charge >= 0.3 is 0 Å². The van der Waals surface area contributed by atoms with E-state index in [9.17, 15) is 4.79 Å². The number of likely N-dealkylation sites (tertiary alicyclic amines) is 1. The number of aromatic nitrogens is 1. The smallest absolute Gasteiger partial charge is 0.241 e. The molecule has 170 valence electrons. The lowest BCUT2D eigenvalue weighted by molar-refractivity contribution is -0.119. The number of aryl methyl sites for hydroxylation is 1. The van der Waals surface area contributed by atoms with Crippen molar-refractivity contribution in [2.75, 3.05) is 37.7 Å². The van der Waals surface area contributed by atoms with Crippen molar-refractivity contribution in [3.8, 4) is 22.8 Å². The fourth-order valence-corrected chi connectivity index (χ4v) is 5.86. The van der Waals surface area contributed by atoms with E-state index in [1.165, 1.54) is 11.1 Å². The van der Waals surface area contributed by atoms with Crippen LogP contribution in [0, 0.1) is 6.92 Å². The number of fused-ring (bicyclic) bond motifs is 2. The van der Waals surface area contributed by atoms with Gasteiger partial charge in [-0.15, -0.1) is 11.3 Å². The first-order valence-electron chi connectivity index (χ1n) is 11.6. The number of carbonyl (C=O) groups excluding carboxylic acids is 1. The van der Waals surface area contributed by atoms with Crippen molar-refractivity contribution in [2.24, 2.45) is 0 Å². The molecule has 3 aromatic rings. The molecule has 2 aromatic carbocycles. The summed E-state index contributed by atoms with van der Waals surface area (Å²) in [5.74, 6) is 1.80. The summed E-state index contributed by atoms with van der Waals surface area (Å²) in [5.41, 5.74) is 5.63. The number of carbonyl (C=O) groups is 1. The van der Waals surface area contributed by atoms with Gasteiger partial charge in [0.1, 0.15) is 13.2 Å². The Hall–Kier alpha value is -2.90. The summed E-state index contributed by atoms with van der Waals surface area (Å²) in [6, 6.07) is 12.8. The number of anilines is 1. The Labute approximate surface area is 197 Å². The number of ether oxygens (including phenoxy) is 2. The normalized spacial score (nSPS) is 19.7. The molecular weight excluding hydrogens is 434 g/mol. The molecule has 1 amide bonds. The summed E-state index contributed by atoms with van der Waals surface area (Å²) in [5, 5.41) is 3.17. The molecule has 0 spiro atoms. The molecular formula is C26H27N3O3S. The zero-order valence-electron chi connectivity index (χ0n) is 18.8. The van der Waals surface area contributed by atoms with Crippen LogP contribution in [-0.2, 0) is 11.2 Å². The molecule has 0 unspecified atom stereocenters. The van der Waals surface area contributed by atoms with Gasteiger partial charge in [-0.25, -0.2) is 4.98 Å². The highest BCUT2D eigenvalue weighted by Crippen LogP contribution is 2.39. The van der Waals surface area contributed by atoms with Crippen LogP contribution in [-0.4, -0.2) is 48.6 Å². The van der Waals surface area contributed by atoms with Crippen molar-refractivity contribution in [1.82, 2.24) is 9.88 Å². The SMILES string of the molecule is Cc1nc(-c2ccc3c(c2)CCN3C(=O)CN2CCC[C@@H]2c2ccc3c(c2)OCCO3)cs1. The summed E-state index contributed by atoms with van der Waals surface area (Å²) >= 11 is 1.67. The maximum Gasteiger partial charge on any atom is 0.241 e. The maximum atomic E-state index is 13.4. The van der Waals surface area contributed by atoms with Crippen molar-refractivity contribution < 1.29 is 14.3 Å². The van der Waals surface area contributed by atoms with E-state index in [1.807, 2.05) is 17.9 Å². The lowest BCUT2D eigenvalue weighted by atomic mass is 10.0. The molecule has 0 radical (unpaired) electrons. The van der Waals surface area contributed by atoms with Gasteiger partial charge in [-0.2, -0.15) is 0 Å². The van der Waals surface area contributed by atoms with E-state index in [0.717, 1.165) is 65.8 Å². The molecule has 0 N–H and O–H groups in total. The third kappa shape index (κ3) is 3.89. The second-order valence-electron chi connectivity index (χ2n) is 8.92. The zero-order valence-corrected chi connectivity index (χ0v) is 19.6. The largest absolute Gasteiger partial charge is 0.486 e. The molecule has 6 rings (SSSR count). The first-order chi connectivity index (χ1) is 16.2. The van der Waals surface area contributed by atoms with Crippen molar-refractivity contribution in [3.05, 3.63) is 57.9 Å². The van der Waals surface area contributed by atoms with Crippen LogP contribution in [0.15, 0.2) is 41.8 Å². The molecule has 0 saturated carbocycles. The van der Waals surface area contributed by atoms with Gasteiger partial charge in [0.2, 0.25) is 5.91 Å². The molecule has 0 bridgehead atoms. The van der Waals surface area contributed by atoms with Gasteiger partial charge in [0.05, 0.1) is 17.2 Å². The quantitative estimate of drug-likeness (QED) is 0.568. The maximum absolute atomic E-state index is 13.4. The predicted molar refractivity (Wildman–Crippen MR) is 129 cm³/mol. The molecule has 4 heterocycles. The standard InChI is InChI=1S/C26H27N3O3S/c1-17-27-21(16-33-17)18-4-6-23-20(13-18)8-10-29(23)26(30)15-28-9-2-3-22(28)19-5-7-24-25(14-19)32-12-11-31-24/h4-7,13-14,16,22H,2-3,8-12,15H2,1H3/t22-/m1/s1. The summed E-state index contributed by atoms with van der Waals surface area (Å²) < 4.78 is 11.4. The second-order valence-corrected chi connectivity index (χ2v) is 9.98. The van der Waals surface area contributed by atoms with Crippen LogP contribution in [0.4, 0.5) is 5.69 Å². The van der Waals surface area contributed by atoms with E-state index in [1.54, 1.807) is 11.3 Å². The number of amides is 1. The molecule has 6 nitrogen and oxygen atoms in total. The van der Waals surface area contributed by atoms with Gasteiger partial charge in [0.15, 0.2) is 11.5 Å².